The van der Waals surface area contributed by atoms with Gasteiger partial charge in [0.1, 0.15) is 11.6 Å². The number of para-hydroxylation sites is 1. The molecule has 0 spiro atoms. The second-order valence-corrected chi connectivity index (χ2v) is 17.4. The van der Waals surface area contributed by atoms with Gasteiger partial charge in [-0.25, -0.2) is 4.39 Å². The summed E-state index contributed by atoms with van der Waals surface area (Å²) in [7, 11) is 1.77. The van der Waals surface area contributed by atoms with Gasteiger partial charge in [-0.15, -0.1) is 0 Å². The van der Waals surface area contributed by atoms with Gasteiger partial charge < -0.3 is 4.90 Å². The number of imidazole rings is 2. The molecule has 4 aromatic heterocycles. The van der Waals surface area contributed by atoms with Crippen molar-refractivity contribution in [1.29, 1.82) is 0 Å². The van der Waals surface area contributed by atoms with Gasteiger partial charge in [0, 0.05) is 6.54 Å². The summed E-state index contributed by atoms with van der Waals surface area (Å²) in [5.74, 6) is 0.833. The number of anilines is 2. The zero-order valence-electron chi connectivity index (χ0n) is 30.6. The Bertz CT molecular complexity index is 2490. The summed E-state index contributed by atoms with van der Waals surface area (Å²) in [6.45, 7) is 5.41. The molecular weight excluding hydrogens is 762 g/mol. The number of hydrogen-bond acceptors (Lipinski definition) is 9. The number of aromatic nitrogens is 6. The van der Waals surface area contributed by atoms with Crippen LogP contribution < -0.4 is 25.2 Å². The summed E-state index contributed by atoms with van der Waals surface area (Å²) in [6.07, 6.45) is 4.34. The number of benzene rings is 2. The van der Waals surface area contributed by atoms with Gasteiger partial charge >= 0.3 is 236 Å². The van der Waals surface area contributed by atoms with Gasteiger partial charge in [0.25, 0.3) is 0 Å². The van der Waals surface area contributed by atoms with E-state index < -0.39 is 27.7 Å². The van der Waals surface area contributed by atoms with Crippen LogP contribution in [0.25, 0.3) is 28.1 Å². The molecule has 7 heterocycles. The molecule has 13 nitrogen and oxygen atoms in total. The number of pyridine rings is 1. The molecule has 3 aliphatic rings. The van der Waals surface area contributed by atoms with Gasteiger partial charge in [-0.05, 0) is 42.7 Å². The summed E-state index contributed by atoms with van der Waals surface area (Å²) in [5.41, 5.74) is 4.77. The van der Waals surface area contributed by atoms with E-state index >= 15 is 0 Å². The Labute approximate surface area is 323 Å². The van der Waals surface area contributed by atoms with Crippen molar-refractivity contribution < 1.29 is 14.0 Å². The molecule has 15 heteroatoms. The van der Waals surface area contributed by atoms with E-state index in [1.807, 2.05) is 53.2 Å². The molecule has 2 amide bonds. The number of piperidine rings is 1. The fourth-order valence-corrected chi connectivity index (χ4v) is 11.3. The number of hydrogen-bond donors (Lipinski definition) is 1. The Morgan fingerprint density at radius 1 is 0.891 bits per heavy atom. The number of carbonyl (C=O) groups is 2. The summed E-state index contributed by atoms with van der Waals surface area (Å²) < 4.78 is 20.4. The van der Waals surface area contributed by atoms with Crippen LogP contribution in [0.3, 0.4) is 0 Å². The van der Waals surface area contributed by atoms with Crippen LogP contribution in [0.2, 0.25) is 5.21 Å². The predicted octanol–water partition coefficient (Wildman–Crippen LogP) is 3.21. The first kappa shape index (κ1) is 35.4. The van der Waals surface area contributed by atoms with Crippen molar-refractivity contribution in [2.24, 2.45) is 7.05 Å². The minimum atomic E-state index is -0.679. The molecule has 0 bridgehead atoms. The molecule has 9 rings (SSSR count). The van der Waals surface area contributed by atoms with Gasteiger partial charge in [-0.2, -0.15) is 0 Å². The van der Waals surface area contributed by atoms with Crippen molar-refractivity contribution in [1.82, 2.24) is 38.9 Å². The maximum atomic E-state index is 14.1. The van der Waals surface area contributed by atoms with Crippen LogP contribution in [0, 0.1) is 5.82 Å². The Morgan fingerprint density at radius 3 is 2.56 bits per heavy atom. The number of nitrogens with zero attached hydrogens (tertiary/aromatic N) is 9. The van der Waals surface area contributed by atoms with Crippen LogP contribution in [0.5, 0.6) is 0 Å². The minimum absolute atomic E-state index is 0.0686. The number of nitrogens with one attached hydrogen (secondary N) is 1. The molecule has 282 valence electrons. The molecule has 0 saturated carbocycles. The summed E-state index contributed by atoms with van der Waals surface area (Å²) in [6, 6.07) is 22.3. The Balaban J connectivity index is 0.850. The van der Waals surface area contributed by atoms with E-state index in [0.717, 1.165) is 103 Å². The molecule has 2 aromatic carbocycles. The van der Waals surface area contributed by atoms with Crippen LogP contribution in [0.4, 0.5) is 16.0 Å². The van der Waals surface area contributed by atoms with Gasteiger partial charge in [0.05, 0.1) is 6.04 Å². The van der Waals surface area contributed by atoms with E-state index in [2.05, 4.69) is 37.1 Å². The molecule has 0 radical (unpaired) electrons. The zero-order chi connectivity index (χ0) is 37.6. The molecule has 55 heavy (non-hydrogen) atoms. The fourth-order valence-electron chi connectivity index (χ4n) is 8.39. The molecular formula is C40H42AsFN10O3. The number of rotatable bonds is 9. The first-order valence-electron chi connectivity index (χ1n) is 18.9. The number of amides is 2. The number of fused-ring (bicyclic) bond motifs is 2. The van der Waals surface area contributed by atoms with E-state index in [0.29, 0.717) is 6.42 Å². The standard InChI is InChI=1S/C40H42AsFN10O3/c1-47-38-28(8-3-10-31(38)51(40(47)55)32-13-16-37(53)45-39(32)54)41-17-19-48-20-22-49(23-21-48)35-12-4-9-29(44-35)33-25-43-34-14-15-36(46-52(33)34)50-18-5-11-30(50)26-6-2-7-27(42)24-26/h2-4,6-10,12,14-15,24-25,30,32,41H,5,11,13,16-23H2,1H3,(H,45,53,54)/t30-,32?/m1/s1. The topological polar surface area (TPSA) is 126 Å². The van der Waals surface area contributed by atoms with Gasteiger partial charge in [-0.3, -0.25) is 0 Å². The van der Waals surface area contributed by atoms with Crippen molar-refractivity contribution in [3.8, 4) is 11.4 Å². The molecule has 0 aliphatic carbocycles. The summed E-state index contributed by atoms with van der Waals surface area (Å²) in [5, 5.41) is 8.47. The van der Waals surface area contributed by atoms with Crippen LogP contribution >= 0.6 is 0 Å². The fraction of sp³-hybridized carbons (Fsp3) is 0.350. The van der Waals surface area contributed by atoms with Crippen LogP contribution in [0.1, 0.15) is 43.3 Å². The maximum absolute atomic E-state index is 14.1. The summed E-state index contributed by atoms with van der Waals surface area (Å²) in [4.78, 5) is 54.6. The van der Waals surface area contributed by atoms with Crippen molar-refractivity contribution in [3.63, 3.8) is 0 Å². The predicted molar refractivity (Wildman–Crippen MR) is 211 cm³/mol. The second-order valence-electron chi connectivity index (χ2n) is 14.5. The first-order valence-corrected chi connectivity index (χ1v) is 21.4. The van der Waals surface area contributed by atoms with Crippen LogP contribution in [-0.2, 0) is 16.6 Å². The molecule has 1 N–H and O–H groups in total. The van der Waals surface area contributed by atoms with Crippen LogP contribution in [-0.4, -0.2) is 100 Å². The van der Waals surface area contributed by atoms with Gasteiger partial charge in [0.2, 0.25) is 0 Å². The molecule has 3 saturated heterocycles. The quantitative estimate of drug-likeness (QED) is 0.173. The Kier molecular flexibility index (Phi) is 9.47. The average molecular weight is 805 g/mol. The second kappa shape index (κ2) is 14.7. The van der Waals surface area contributed by atoms with Crippen molar-refractivity contribution in [2.75, 3.05) is 49.1 Å². The van der Waals surface area contributed by atoms with E-state index in [-0.39, 0.29) is 29.9 Å². The third-order valence-corrected chi connectivity index (χ3v) is 13.8. The van der Waals surface area contributed by atoms with E-state index in [9.17, 15) is 18.8 Å². The first-order chi connectivity index (χ1) is 26.8. The Morgan fingerprint density at radius 2 is 1.73 bits per heavy atom. The SMILES string of the molecule is Cn1c(=O)n(C2CCC(=O)NC2=O)c2cccc([AsH]CCN3CCN(c4cccc(-c5cnc6ccc(N7CCC[C@@H]7c7cccc(F)c7)nn56)n4)CC3)c21. The van der Waals surface area contributed by atoms with E-state index in [1.54, 1.807) is 28.3 Å². The number of imide groups is 1. The van der Waals surface area contributed by atoms with Crippen molar-refractivity contribution in [2.45, 2.75) is 43.0 Å². The van der Waals surface area contributed by atoms with Crippen molar-refractivity contribution in [3.05, 3.63) is 101 Å². The normalized spacial score (nSPS) is 19.7. The zero-order valence-corrected chi connectivity index (χ0v) is 32.7. The summed E-state index contributed by atoms with van der Waals surface area (Å²) >= 11 is -0.566. The third kappa shape index (κ3) is 6.71. The number of piperazine rings is 1. The number of carbonyl (C=O) groups excluding carboxylic acids is 2. The van der Waals surface area contributed by atoms with Gasteiger partial charge in [0.15, 0.2) is 0 Å². The molecule has 6 aromatic rings. The van der Waals surface area contributed by atoms with Crippen LogP contribution in [0.15, 0.2) is 83.8 Å². The van der Waals surface area contributed by atoms with Crippen molar-refractivity contribution >= 4 is 60.2 Å². The molecule has 2 unspecified atom stereocenters. The number of aryl methyl sites for hydroxylation is 1. The van der Waals surface area contributed by atoms with E-state index in [1.165, 1.54) is 10.4 Å². The number of halogens is 1. The van der Waals surface area contributed by atoms with E-state index in [4.69, 9.17) is 10.1 Å². The third-order valence-electron chi connectivity index (χ3n) is 11.2. The molecule has 3 atom stereocenters. The Hall–Kier alpha value is -5.33. The molecule has 3 fully saturated rings. The van der Waals surface area contributed by atoms with Gasteiger partial charge in [-0.1, -0.05) is 12.1 Å². The average Bonchev–Trinajstić information content (AvgIpc) is 3.92. The molecule has 3 aliphatic heterocycles. The monoisotopic (exact) mass is 804 g/mol.